The molecule has 0 aliphatic carbocycles. The van der Waals surface area contributed by atoms with Crippen LogP contribution in [0.2, 0.25) is 5.02 Å². The number of rotatable bonds is 7. The Balaban J connectivity index is 2.29. The molecule has 1 heterocycles. The molecule has 8 nitrogen and oxygen atoms in total. The minimum atomic E-state index is -0.606. The molecule has 0 bridgehead atoms. The van der Waals surface area contributed by atoms with E-state index in [0.717, 1.165) is 6.42 Å². The molecule has 0 radical (unpaired) electrons. The fourth-order valence-electron chi connectivity index (χ4n) is 1.96. The summed E-state index contributed by atoms with van der Waals surface area (Å²) in [5, 5.41) is 17.8. The van der Waals surface area contributed by atoms with Gasteiger partial charge in [-0.05, 0) is 36.6 Å². The quantitative estimate of drug-likeness (QED) is 0.512. The van der Waals surface area contributed by atoms with Crippen LogP contribution in [0.5, 0.6) is 0 Å². The number of anilines is 4. The molecule has 1 aromatic carbocycles. The number of hydrogen-bond donors (Lipinski definition) is 3. The van der Waals surface area contributed by atoms with E-state index in [2.05, 4.69) is 34.4 Å². The Kier molecular flexibility index (Phi) is 5.75. The van der Waals surface area contributed by atoms with Gasteiger partial charge in [-0.15, -0.1) is 0 Å². The average Bonchev–Trinajstić information content (AvgIpc) is 2.48. The zero-order valence-corrected chi connectivity index (χ0v) is 14.2. The first-order chi connectivity index (χ1) is 11.4. The van der Waals surface area contributed by atoms with E-state index >= 15 is 0 Å². The standard InChI is InChI=1S/C15H19ClN6O2/c1-9(2)7-8-18-15-20-13(17)12(22(23)24)14(21-15)19-11-5-3-10(16)4-6-11/h3-6,9H,7-8H2,1-2H3,(H4,17,18,19,20,21). The topological polar surface area (TPSA) is 119 Å². The number of nitrogens with two attached hydrogens (primary N) is 1. The first kappa shape index (κ1) is 17.7. The van der Waals surface area contributed by atoms with E-state index in [1.54, 1.807) is 24.3 Å². The number of nitrogen functional groups attached to an aromatic ring is 1. The van der Waals surface area contributed by atoms with Gasteiger partial charge in [0.25, 0.3) is 0 Å². The number of hydrogen-bond acceptors (Lipinski definition) is 7. The molecule has 9 heteroatoms. The Bertz CT molecular complexity index is 721. The molecule has 2 aromatic rings. The van der Waals surface area contributed by atoms with Gasteiger partial charge in [0.15, 0.2) is 0 Å². The summed E-state index contributed by atoms with van der Waals surface area (Å²) in [7, 11) is 0. The molecule has 0 aliphatic rings. The van der Waals surface area contributed by atoms with Crippen LogP contribution in [0.1, 0.15) is 20.3 Å². The summed E-state index contributed by atoms with van der Waals surface area (Å²) < 4.78 is 0. The molecule has 0 spiro atoms. The second-order valence-corrected chi connectivity index (χ2v) is 6.06. The summed E-state index contributed by atoms with van der Waals surface area (Å²) in [6.07, 6.45) is 0.917. The fourth-order valence-corrected chi connectivity index (χ4v) is 2.09. The van der Waals surface area contributed by atoms with Gasteiger partial charge >= 0.3 is 5.69 Å². The second-order valence-electron chi connectivity index (χ2n) is 5.63. The highest BCUT2D eigenvalue weighted by atomic mass is 35.5. The smallest absolute Gasteiger partial charge is 0.353 e. The number of benzene rings is 1. The van der Waals surface area contributed by atoms with E-state index in [-0.39, 0.29) is 23.3 Å². The monoisotopic (exact) mass is 350 g/mol. The SMILES string of the molecule is CC(C)CCNc1nc(N)c([N+](=O)[O-])c(Nc2ccc(Cl)cc2)n1. The lowest BCUT2D eigenvalue weighted by Crippen LogP contribution is -2.12. The Morgan fingerprint density at radius 3 is 2.54 bits per heavy atom. The van der Waals surface area contributed by atoms with Crippen molar-refractivity contribution in [3.8, 4) is 0 Å². The van der Waals surface area contributed by atoms with E-state index in [1.807, 2.05) is 0 Å². The van der Waals surface area contributed by atoms with Gasteiger partial charge in [-0.1, -0.05) is 25.4 Å². The van der Waals surface area contributed by atoms with Gasteiger partial charge in [0, 0.05) is 17.3 Å². The molecule has 24 heavy (non-hydrogen) atoms. The Morgan fingerprint density at radius 2 is 1.96 bits per heavy atom. The van der Waals surface area contributed by atoms with Crippen LogP contribution in [-0.2, 0) is 0 Å². The molecule has 1 aromatic heterocycles. The van der Waals surface area contributed by atoms with Gasteiger partial charge in [-0.2, -0.15) is 9.97 Å². The van der Waals surface area contributed by atoms with Crippen molar-refractivity contribution in [2.24, 2.45) is 5.92 Å². The lowest BCUT2D eigenvalue weighted by atomic mass is 10.1. The van der Waals surface area contributed by atoms with Gasteiger partial charge in [-0.3, -0.25) is 10.1 Å². The average molecular weight is 351 g/mol. The first-order valence-corrected chi connectivity index (χ1v) is 7.83. The van der Waals surface area contributed by atoms with Crippen LogP contribution >= 0.6 is 11.6 Å². The summed E-state index contributed by atoms with van der Waals surface area (Å²) in [5.41, 5.74) is 5.98. The molecule has 4 N–H and O–H groups in total. The third-order valence-corrected chi connectivity index (χ3v) is 3.46. The van der Waals surface area contributed by atoms with Crippen molar-refractivity contribution in [2.45, 2.75) is 20.3 Å². The molecule has 2 rings (SSSR count). The van der Waals surface area contributed by atoms with Crippen LogP contribution in [0.3, 0.4) is 0 Å². The number of nitrogens with one attached hydrogen (secondary N) is 2. The van der Waals surface area contributed by atoms with E-state index in [1.165, 1.54) is 0 Å². The van der Waals surface area contributed by atoms with E-state index in [9.17, 15) is 10.1 Å². The minimum Gasteiger partial charge on any atom is -0.378 e. The minimum absolute atomic E-state index is 0.0295. The van der Waals surface area contributed by atoms with Crippen molar-refractivity contribution < 1.29 is 4.92 Å². The summed E-state index contributed by atoms with van der Waals surface area (Å²) in [5.74, 6) is 0.593. The zero-order chi connectivity index (χ0) is 17.7. The maximum atomic E-state index is 11.3. The maximum absolute atomic E-state index is 11.3. The molecular weight excluding hydrogens is 332 g/mol. The van der Waals surface area contributed by atoms with Crippen LogP contribution in [0, 0.1) is 16.0 Å². The summed E-state index contributed by atoms with van der Waals surface area (Å²) in [6, 6.07) is 6.72. The van der Waals surface area contributed by atoms with Crippen LogP contribution in [0.15, 0.2) is 24.3 Å². The van der Waals surface area contributed by atoms with Crippen molar-refractivity contribution in [1.82, 2.24) is 9.97 Å². The first-order valence-electron chi connectivity index (χ1n) is 7.45. The van der Waals surface area contributed by atoms with Crippen molar-refractivity contribution in [3.05, 3.63) is 39.4 Å². The molecule has 0 atom stereocenters. The van der Waals surface area contributed by atoms with Crippen LogP contribution < -0.4 is 16.4 Å². The van der Waals surface area contributed by atoms with E-state index in [0.29, 0.717) is 23.2 Å². The van der Waals surface area contributed by atoms with Gasteiger partial charge in [0.1, 0.15) is 0 Å². The van der Waals surface area contributed by atoms with Gasteiger partial charge < -0.3 is 16.4 Å². The Morgan fingerprint density at radius 1 is 1.29 bits per heavy atom. The van der Waals surface area contributed by atoms with Crippen LogP contribution in [-0.4, -0.2) is 21.4 Å². The van der Waals surface area contributed by atoms with E-state index < -0.39 is 4.92 Å². The van der Waals surface area contributed by atoms with Crippen molar-refractivity contribution in [2.75, 3.05) is 22.9 Å². The largest absolute Gasteiger partial charge is 0.378 e. The van der Waals surface area contributed by atoms with Crippen LogP contribution in [0.4, 0.5) is 29.0 Å². The summed E-state index contributed by atoms with van der Waals surface area (Å²) >= 11 is 5.84. The highest BCUT2D eigenvalue weighted by Gasteiger charge is 2.23. The molecule has 0 aliphatic heterocycles. The van der Waals surface area contributed by atoms with Crippen molar-refractivity contribution >= 4 is 40.6 Å². The highest BCUT2D eigenvalue weighted by molar-refractivity contribution is 6.30. The van der Waals surface area contributed by atoms with Gasteiger partial charge in [-0.25, -0.2) is 0 Å². The maximum Gasteiger partial charge on any atom is 0.353 e. The number of nitrogens with zero attached hydrogens (tertiary/aromatic N) is 3. The fraction of sp³-hybridized carbons (Fsp3) is 0.333. The van der Waals surface area contributed by atoms with Gasteiger partial charge in [0.2, 0.25) is 17.6 Å². The lowest BCUT2D eigenvalue weighted by Gasteiger charge is -2.11. The molecule has 0 saturated heterocycles. The summed E-state index contributed by atoms with van der Waals surface area (Å²) in [6.45, 7) is 4.84. The van der Waals surface area contributed by atoms with Gasteiger partial charge in [0.05, 0.1) is 4.92 Å². The predicted molar refractivity (Wildman–Crippen MR) is 95.8 cm³/mol. The molecule has 128 valence electrons. The van der Waals surface area contributed by atoms with E-state index in [4.69, 9.17) is 17.3 Å². The molecular formula is C15H19ClN6O2. The lowest BCUT2D eigenvalue weighted by molar-refractivity contribution is -0.383. The normalized spacial score (nSPS) is 10.7. The van der Waals surface area contributed by atoms with Crippen LogP contribution in [0.25, 0.3) is 0 Å². The highest BCUT2D eigenvalue weighted by Crippen LogP contribution is 2.31. The Hall–Kier alpha value is -2.61. The molecule has 0 fully saturated rings. The zero-order valence-electron chi connectivity index (χ0n) is 13.4. The van der Waals surface area contributed by atoms with Crippen molar-refractivity contribution in [1.29, 1.82) is 0 Å². The van der Waals surface area contributed by atoms with Crippen molar-refractivity contribution in [3.63, 3.8) is 0 Å². The summed E-state index contributed by atoms with van der Waals surface area (Å²) in [4.78, 5) is 18.8. The molecule has 0 unspecified atom stereocenters. The number of aromatic nitrogens is 2. The molecule has 0 amide bonds. The predicted octanol–water partition coefficient (Wildman–Crippen LogP) is 3.82. The molecule has 0 saturated carbocycles. The third-order valence-electron chi connectivity index (χ3n) is 3.21. The number of nitro groups is 1. The third kappa shape index (κ3) is 4.69. The second kappa shape index (κ2) is 7.78. The Labute approximate surface area is 144 Å². The number of halogens is 1.